The van der Waals surface area contributed by atoms with Crippen molar-refractivity contribution >= 4 is 18.1 Å². The first kappa shape index (κ1) is 20.0. The predicted molar refractivity (Wildman–Crippen MR) is 102 cm³/mol. The van der Waals surface area contributed by atoms with Gasteiger partial charge in [-0.25, -0.2) is 9.59 Å². The van der Waals surface area contributed by atoms with Crippen molar-refractivity contribution in [3.63, 3.8) is 0 Å². The summed E-state index contributed by atoms with van der Waals surface area (Å²) in [4.78, 5) is 39.3. The minimum Gasteiger partial charge on any atom is -0.445 e. The first-order chi connectivity index (χ1) is 13.6. The van der Waals surface area contributed by atoms with E-state index in [1.54, 1.807) is 9.80 Å². The molecule has 2 fully saturated rings. The van der Waals surface area contributed by atoms with Crippen LogP contribution in [0.15, 0.2) is 30.3 Å². The zero-order valence-electron chi connectivity index (χ0n) is 16.0. The molecule has 0 radical (unpaired) electrons. The smallest absolute Gasteiger partial charge is 0.410 e. The van der Waals surface area contributed by atoms with Crippen LogP contribution in [0.5, 0.6) is 0 Å². The number of nitrogens with zero attached hydrogens (tertiary/aromatic N) is 2. The third kappa shape index (κ3) is 5.87. The second-order valence-corrected chi connectivity index (χ2v) is 7.11. The second-order valence-electron chi connectivity index (χ2n) is 7.11. The number of piperidine rings is 1. The van der Waals surface area contributed by atoms with Crippen molar-refractivity contribution in [1.82, 2.24) is 15.1 Å². The van der Waals surface area contributed by atoms with Crippen molar-refractivity contribution in [3.8, 4) is 0 Å². The maximum absolute atomic E-state index is 12.2. The average molecular weight is 389 g/mol. The van der Waals surface area contributed by atoms with Gasteiger partial charge in [-0.1, -0.05) is 30.3 Å². The van der Waals surface area contributed by atoms with Gasteiger partial charge in [0.15, 0.2) is 6.61 Å². The number of hydrogen-bond acceptors (Lipinski definition) is 5. The molecule has 0 aromatic heterocycles. The largest absolute Gasteiger partial charge is 0.445 e. The fourth-order valence-electron chi connectivity index (χ4n) is 3.41. The van der Waals surface area contributed by atoms with Crippen LogP contribution in [0.4, 0.5) is 9.59 Å². The van der Waals surface area contributed by atoms with E-state index >= 15 is 0 Å². The van der Waals surface area contributed by atoms with Gasteiger partial charge in [0.1, 0.15) is 6.61 Å². The van der Waals surface area contributed by atoms with E-state index in [1.165, 1.54) is 0 Å². The number of carbonyl (C=O) groups excluding carboxylic acids is 3. The van der Waals surface area contributed by atoms with Crippen LogP contribution >= 0.6 is 0 Å². The number of alkyl carbamates (subject to hydrolysis) is 1. The van der Waals surface area contributed by atoms with Crippen LogP contribution < -0.4 is 5.32 Å². The molecule has 0 saturated carbocycles. The molecule has 0 atom stereocenters. The molecule has 28 heavy (non-hydrogen) atoms. The number of carbonyl (C=O) groups is 3. The summed E-state index contributed by atoms with van der Waals surface area (Å²) < 4.78 is 10.3. The lowest BCUT2D eigenvalue weighted by Gasteiger charge is -2.32. The number of hydrogen-bond donors (Lipinski definition) is 1. The molecule has 3 rings (SSSR count). The van der Waals surface area contributed by atoms with Crippen molar-refractivity contribution in [1.29, 1.82) is 0 Å². The first-order valence-corrected chi connectivity index (χ1v) is 9.78. The Hall–Kier alpha value is -2.77. The molecule has 2 saturated heterocycles. The zero-order chi connectivity index (χ0) is 19.8. The molecule has 0 bridgehead atoms. The molecule has 8 heteroatoms. The predicted octanol–water partition coefficient (Wildman–Crippen LogP) is 2.14. The van der Waals surface area contributed by atoms with Crippen LogP contribution in [0.25, 0.3) is 0 Å². The summed E-state index contributed by atoms with van der Waals surface area (Å²) >= 11 is 0. The summed E-state index contributed by atoms with van der Waals surface area (Å²) in [5.41, 5.74) is 0.932. The Bertz CT molecular complexity index is 668. The summed E-state index contributed by atoms with van der Waals surface area (Å²) in [6, 6.07) is 9.46. The Morgan fingerprint density at radius 3 is 2.29 bits per heavy atom. The Morgan fingerprint density at radius 2 is 1.61 bits per heavy atom. The Kier molecular flexibility index (Phi) is 7.11. The highest BCUT2D eigenvalue weighted by Crippen LogP contribution is 2.12. The third-order valence-corrected chi connectivity index (χ3v) is 5.07. The van der Waals surface area contributed by atoms with Crippen molar-refractivity contribution in [2.45, 2.75) is 38.3 Å². The van der Waals surface area contributed by atoms with Crippen LogP contribution in [-0.4, -0.2) is 66.7 Å². The number of likely N-dealkylation sites (tertiary alicyclic amines) is 2. The first-order valence-electron chi connectivity index (χ1n) is 9.78. The van der Waals surface area contributed by atoms with Crippen LogP contribution in [0.3, 0.4) is 0 Å². The Morgan fingerprint density at radius 1 is 0.929 bits per heavy atom. The summed E-state index contributed by atoms with van der Waals surface area (Å²) in [6.07, 6.45) is 2.39. The lowest BCUT2D eigenvalue weighted by molar-refractivity contribution is -0.135. The molecular weight excluding hydrogens is 362 g/mol. The minimum absolute atomic E-state index is 0.0283. The maximum atomic E-state index is 12.2. The molecule has 0 aliphatic carbocycles. The van der Waals surface area contributed by atoms with Gasteiger partial charge in [-0.2, -0.15) is 0 Å². The van der Waals surface area contributed by atoms with E-state index < -0.39 is 12.2 Å². The van der Waals surface area contributed by atoms with E-state index in [-0.39, 0.29) is 25.2 Å². The summed E-state index contributed by atoms with van der Waals surface area (Å²) in [5.74, 6) is -0.197. The van der Waals surface area contributed by atoms with Gasteiger partial charge < -0.3 is 24.6 Å². The Labute approximate surface area is 164 Å². The van der Waals surface area contributed by atoms with Gasteiger partial charge in [-0.3, -0.25) is 4.79 Å². The van der Waals surface area contributed by atoms with Crippen molar-refractivity contribution in [3.05, 3.63) is 35.9 Å². The van der Waals surface area contributed by atoms with E-state index in [0.29, 0.717) is 39.0 Å². The van der Waals surface area contributed by atoms with Crippen LogP contribution in [0.2, 0.25) is 0 Å². The molecular formula is C20H27N3O5. The number of nitrogens with one attached hydrogen (secondary N) is 1. The number of amides is 3. The minimum atomic E-state index is -0.451. The number of benzene rings is 1. The summed E-state index contributed by atoms with van der Waals surface area (Å²) in [5, 5.41) is 2.84. The fourth-order valence-corrected chi connectivity index (χ4v) is 3.41. The molecule has 2 aliphatic heterocycles. The van der Waals surface area contributed by atoms with Crippen molar-refractivity contribution in [2.75, 3.05) is 32.8 Å². The van der Waals surface area contributed by atoms with E-state index in [0.717, 1.165) is 18.4 Å². The molecule has 3 amide bonds. The molecule has 1 N–H and O–H groups in total. The van der Waals surface area contributed by atoms with Gasteiger partial charge in [0.25, 0.3) is 5.91 Å². The molecule has 1 aromatic carbocycles. The topological polar surface area (TPSA) is 88.2 Å². The average Bonchev–Trinajstić information content (AvgIpc) is 3.26. The van der Waals surface area contributed by atoms with E-state index in [2.05, 4.69) is 5.32 Å². The second kappa shape index (κ2) is 9.96. The molecule has 2 aliphatic rings. The highest BCUT2D eigenvalue weighted by atomic mass is 16.6. The van der Waals surface area contributed by atoms with Crippen molar-refractivity contribution < 1.29 is 23.9 Å². The van der Waals surface area contributed by atoms with Gasteiger partial charge in [0, 0.05) is 32.2 Å². The highest BCUT2D eigenvalue weighted by Gasteiger charge is 2.26. The summed E-state index contributed by atoms with van der Waals surface area (Å²) in [7, 11) is 0. The summed E-state index contributed by atoms with van der Waals surface area (Å²) in [6.45, 7) is 2.43. The normalized spacial score (nSPS) is 17.3. The third-order valence-electron chi connectivity index (χ3n) is 5.07. The van der Waals surface area contributed by atoms with Gasteiger partial charge in [0.2, 0.25) is 0 Å². The van der Waals surface area contributed by atoms with E-state index in [4.69, 9.17) is 9.47 Å². The SMILES string of the molecule is O=C(NC1CCN(C(=O)COC(=O)N2CCCC2)CC1)OCc1ccccc1. The monoisotopic (exact) mass is 389 g/mol. The maximum Gasteiger partial charge on any atom is 0.410 e. The lowest BCUT2D eigenvalue weighted by Crippen LogP contribution is -2.47. The van der Waals surface area contributed by atoms with Gasteiger partial charge in [-0.15, -0.1) is 0 Å². The Balaban J connectivity index is 1.31. The van der Waals surface area contributed by atoms with Crippen LogP contribution in [0, 0.1) is 0 Å². The molecule has 1 aromatic rings. The van der Waals surface area contributed by atoms with Crippen molar-refractivity contribution in [2.24, 2.45) is 0 Å². The molecule has 152 valence electrons. The molecule has 0 unspecified atom stereocenters. The van der Waals surface area contributed by atoms with Gasteiger partial charge >= 0.3 is 12.2 Å². The lowest BCUT2D eigenvalue weighted by atomic mass is 10.1. The van der Waals surface area contributed by atoms with Gasteiger partial charge in [-0.05, 0) is 31.2 Å². The zero-order valence-corrected chi connectivity index (χ0v) is 16.0. The van der Waals surface area contributed by atoms with Crippen LogP contribution in [-0.2, 0) is 20.9 Å². The van der Waals surface area contributed by atoms with E-state index in [9.17, 15) is 14.4 Å². The molecule has 0 spiro atoms. The number of rotatable bonds is 5. The van der Waals surface area contributed by atoms with Gasteiger partial charge in [0.05, 0.1) is 0 Å². The quantitative estimate of drug-likeness (QED) is 0.834. The van der Waals surface area contributed by atoms with Crippen LogP contribution in [0.1, 0.15) is 31.2 Å². The van der Waals surface area contributed by atoms with E-state index in [1.807, 2.05) is 30.3 Å². The number of ether oxygens (including phenoxy) is 2. The molecule has 8 nitrogen and oxygen atoms in total. The fraction of sp³-hybridized carbons (Fsp3) is 0.550. The standard InChI is InChI=1S/C20H27N3O5/c24-18(15-28-20(26)23-10-4-5-11-23)22-12-8-17(9-13-22)21-19(25)27-14-16-6-2-1-3-7-16/h1-3,6-7,17H,4-5,8-15H2,(H,21,25). The highest BCUT2D eigenvalue weighted by molar-refractivity contribution is 5.80. The molecule has 2 heterocycles.